The Labute approximate surface area is 86.3 Å². The van der Waals surface area contributed by atoms with Crippen LogP contribution in [0, 0.1) is 11.3 Å². The lowest BCUT2D eigenvalue weighted by Crippen LogP contribution is -2.38. The first kappa shape index (κ1) is 11.4. The molecule has 1 rings (SSSR count). The summed E-state index contributed by atoms with van der Waals surface area (Å²) < 4.78 is 0. The van der Waals surface area contributed by atoms with E-state index >= 15 is 0 Å². The zero-order valence-electron chi connectivity index (χ0n) is 8.95. The highest BCUT2D eigenvalue weighted by Crippen LogP contribution is 2.06. The van der Waals surface area contributed by atoms with Crippen LogP contribution < -0.4 is 5.73 Å². The quantitative estimate of drug-likeness (QED) is 0.665. The minimum Gasteiger partial charge on any atom is -0.315 e. The summed E-state index contributed by atoms with van der Waals surface area (Å²) in [6, 6.07) is 1.70. The summed E-state index contributed by atoms with van der Waals surface area (Å²) in [5.74, 6) is 0. The molecule has 1 saturated heterocycles. The van der Waals surface area contributed by atoms with Crippen molar-refractivity contribution in [2.45, 2.75) is 18.9 Å². The maximum Gasteiger partial charge on any atom is 0.106 e. The fourth-order valence-electron chi connectivity index (χ4n) is 1.79. The Morgan fingerprint density at radius 2 is 2.14 bits per heavy atom. The topological polar surface area (TPSA) is 56.3 Å². The lowest BCUT2D eigenvalue weighted by atomic mass is 10.3. The summed E-state index contributed by atoms with van der Waals surface area (Å²) >= 11 is 0. The van der Waals surface area contributed by atoms with E-state index in [1.54, 1.807) is 0 Å². The molecule has 80 valence electrons. The van der Waals surface area contributed by atoms with Crippen LogP contribution in [-0.4, -0.2) is 55.6 Å². The number of likely N-dealkylation sites (tertiary alicyclic amines) is 1. The molecule has 0 spiro atoms. The van der Waals surface area contributed by atoms with Gasteiger partial charge in [0, 0.05) is 19.6 Å². The predicted octanol–water partition coefficient (Wildman–Crippen LogP) is -0.135. The molecule has 4 heteroatoms. The van der Waals surface area contributed by atoms with Gasteiger partial charge in [0.15, 0.2) is 0 Å². The molecule has 0 radical (unpaired) electrons. The number of nitrogens with zero attached hydrogens (tertiary/aromatic N) is 3. The van der Waals surface area contributed by atoms with Gasteiger partial charge in [0.1, 0.15) is 6.04 Å². The molecule has 14 heavy (non-hydrogen) atoms. The Hall–Kier alpha value is -0.630. The second-order valence-electron chi connectivity index (χ2n) is 4.05. The van der Waals surface area contributed by atoms with Crippen molar-refractivity contribution >= 4 is 0 Å². The lowest BCUT2D eigenvalue weighted by molar-refractivity contribution is 0.255. The summed E-state index contributed by atoms with van der Waals surface area (Å²) in [6.45, 7) is 5.25. The van der Waals surface area contributed by atoms with Crippen LogP contribution in [0.25, 0.3) is 0 Å². The van der Waals surface area contributed by atoms with Gasteiger partial charge in [0.2, 0.25) is 0 Å². The molecule has 0 aromatic rings. The van der Waals surface area contributed by atoms with Crippen LogP contribution in [0.5, 0.6) is 0 Å². The second-order valence-corrected chi connectivity index (χ2v) is 4.05. The SMILES string of the molecule is CN(CCN1CCCC1)CC(N)C#N. The van der Waals surface area contributed by atoms with E-state index in [0.29, 0.717) is 6.54 Å². The second kappa shape index (κ2) is 5.97. The molecule has 0 aromatic carbocycles. The maximum atomic E-state index is 8.55. The Morgan fingerprint density at radius 1 is 1.50 bits per heavy atom. The Bertz CT molecular complexity index is 193. The minimum atomic E-state index is -0.349. The standard InChI is InChI=1S/C10H20N4/c1-13(9-10(12)8-11)6-7-14-4-2-3-5-14/h10H,2-7,9,12H2,1H3. The largest absolute Gasteiger partial charge is 0.315 e. The van der Waals surface area contributed by atoms with E-state index in [1.165, 1.54) is 25.9 Å². The number of hydrogen-bond donors (Lipinski definition) is 1. The molecule has 1 atom stereocenters. The number of likely N-dealkylation sites (N-methyl/N-ethyl adjacent to an activating group) is 1. The smallest absolute Gasteiger partial charge is 0.106 e. The van der Waals surface area contributed by atoms with E-state index in [2.05, 4.69) is 9.80 Å². The van der Waals surface area contributed by atoms with Gasteiger partial charge in [0.25, 0.3) is 0 Å². The minimum absolute atomic E-state index is 0.349. The lowest BCUT2D eigenvalue weighted by Gasteiger charge is -2.21. The molecule has 0 aromatic heterocycles. The summed E-state index contributed by atoms with van der Waals surface area (Å²) in [6.07, 6.45) is 2.67. The number of nitrogens with two attached hydrogens (primary N) is 1. The van der Waals surface area contributed by atoms with Crippen molar-refractivity contribution in [2.24, 2.45) is 5.73 Å². The van der Waals surface area contributed by atoms with Gasteiger partial charge in [-0.05, 0) is 33.0 Å². The highest BCUT2D eigenvalue weighted by molar-refractivity contribution is 4.88. The average molecular weight is 196 g/mol. The fourth-order valence-corrected chi connectivity index (χ4v) is 1.79. The van der Waals surface area contributed by atoms with Crippen molar-refractivity contribution in [2.75, 3.05) is 39.8 Å². The fraction of sp³-hybridized carbons (Fsp3) is 0.900. The molecule has 4 nitrogen and oxygen atoms in total. The van der Waals surface area contributed by atoms with E-state index in [0.717, 1.165) is 13.1 Å². The zero-order chi connectivity index (χ0) is 10.4. The van der Waals surface area contributed by atoms with E-state index in [9.17, 15) is 0 Å². The van der Waals surface area contributed by atoms with Crippen LogP contribution in [0.4, 0.5) is 0 Å². The van der Waals surface area contributed by atoms with Crippen LogP contribution in [0.2, 0.25) is 0 Å². The van der Waals surface area contributed by atoms with E-state index in [1.807, 2.05) is 13.1 Å². The molecule has 1 unspecified atom stereocenters. The first-order valence-electron chi connectivity index (χ1n) is 5.28. The summed E-state index contributed by atoms with van der Waals surface area (Å²) in [4.78, 5) is 4.60. The Morgan fingerprint density at radius 3 is 2.71 bits per heavy atom. The number of nitriles is 1. The van der Waals surface area contributed by atoms with Gasteiger partial charge in [-0.25, -0.2) is 0 Å². The van der Waals surface area contributed by atoms with Gasteiger partial charge >= 0.3 is 0 Å². The van der Waals surface area contributed by atoms with E-state index < -0.39 is 0 Å². The summed E-state index contributed by atoms with van der Waals surface area (Å²) in [5.41, 5.74) is 5.54. The molecule has 2 N–H and O–H groups in total. The molecule has 0 saturated carbocycles. The third kappa shape index (κ3) is 4.05. The molecule has 0 bridgehead atoms. The van der Waals surface area contributed by atoms with Crippen molar-refractivity contribution in [1.82, 2.24) is 9.80 Å². The van der Waals surface area contributed by atoms with Crippen LogP contribution in [0.1, 0.15) is 12.8 Å². The molecular weight excluding hydrogens is 176 g/mol. The average Bonchev–Trinajstić information content (AvgIpc) is 2.67. The summed E-state index contributed by atoms with van der Waals surface area (Å²) in [7, 11) is 2.02. The van der Waals surface area contributed by atoms with Gasteiger partial charge in [-0.3, -0.25) is 0 Å². The number of rotatable bonds is 5. The Balaban J connectivity index is 2.08. The molecule has 0 aliphatic carbocycles. The normalized spacial score (nSPS) is 19.9. The third-order valence-electron chi connectivity index (χ3n) is 2.67. The van der Waals surface area contributed by atoms with Gasteiger partial charge in [-0.1, -0.05) is 0 Å². The number of hydrogen-bond acceptors (Lipinski definition) is 4. The van der Waals surface area contributed by atoms with Gasteiger partial charge in [0.05, 0.1) is 6.07 Å². The molecule has 1 aliphatic rings. The van der Waals surface area contributed by atoms with Crippen LogP contribution >= 0.6 is 0 Å². The van der Waals surface area contributed by atoms with Crippen LogP contribution in [-0.2, 0) is 0 Å². The van der Waals surface area contributed by atoms with Crippen molar-refractivity contribution in [3.63, 3.8) is 0 Å². The highest BCUT2D eigenvalue weighted by atomic mass is 15.2. The highest BCUT2D eigenvalue weighted by Gasteiger charge is 2.12. The Kier molecular flexibility index (Phi) is 4.88. The van der Waals surface area contributed by atoms with E-state index in [-0.39, 0.29) is 6.04 Å². The van der Waals surface area contributed by atoms with Crippen LogP contribution in [0.15, 0.2) is 0 Å². The van der Waals surface area contributed by atoms with Crippen molar-refractivity contribution < 1.29 is 0 Å². The predicted molar refractivity (Wildman–Crippen MR) is 56.8 cm³/mol. The third-order valence-corrected chi connectivity index (χ3v) is 2.67. The van der Waals surface area contributed by atoms with Gasteiger partial charge in [-0.15, -0.1) is 0 Å². The molecular formula is C10H20N4. The molecule has 1 aliphatic heterocycles. The van der Waals surface area contributed by atoms with Crippen LogP contribution in [0.3, 0.4) is 0 Å². The first-order chi connectivity index (χ1) is 6.72. The summed E-state index contributed by atoms with van der Waals surface area (Å²) in [5, 5.41) is 8.55. The van der Waals surface area contributed by atoms with Crippen molar-refractivity contribution in [1.29, 1.82) is 5.26 Å². The zero-order valence-corrected chi connectivity index (χ0v) is 8.95. The maximum absolute atomic E-state index is 8.55. The van der Waals surface area contributed by atoms with Crippen molar-refractivity contribution in [3.05, 3.63) is 0 Å². The molecule has 1 fully saturated rings. The molecule has 1 heterocycles. The van der Waals surface area contributed by atoms with Gasteiger partial charge < -0.3 is 15.5 Å². The van der Waals surface area contributed by atoms with E-state index in [4.69, 9.17) is 11.0 Å². The first-order valence-corrected chi connectivity index (χ1v) is 5.28. The molecule has 0 amide bonds. The van der Waals surface area contributed by atoms with Crippen molar-refractivity contribution in [3.8, 4) is 6.07 Å². The monoisotopic (exact) mass is 196 g/mol. The van der Waals surface area contributed by atoms with Gasteiger partial charge in [-0.2, -0.15) is 5.26 Å².